The molecule has 0 fully saturated rings. The predicted molar refractivity (Wildman–Crippen MR) is 85.6 cm³/mol. The van der Waals surface area contributed by atoms with Gasteiger partial charge in [0.25, 0.3) is 5.91 Å². The third kappa shape index (κ3) is 4.43. The molecule has 0 aliphatic carbocycles. The molecule has 0 atom stereocenters. The van der Waals surface area contributed by atoms with Gasteiger partial charge in [-0.15, -0.1) is 0 Å². The third-order valence-corrected chi connectivity index (χ3v) is 3.27. The Hall–Kier alpha value is -2.13. The van der Waals surface area contributed by atoms with Crippen LogP contribution in [0.25, 0.3) is 0 Å². The lowest BCUT2D eigenvalue weighted by Gasteiger charge is -2.35. The highest BCUT2D eigenvalue weighted by Gasteiger charge is 2.23. The second-order valence-electron chi connectivity index (χ2n) is 6.05. The summed E-state index contributed by atoms with van der Waals surface area (Å²) in [6, 6.07) is 19.4. The molecule has 21 heavy (non-hydrogen) atoms. The number of hydrogen-bond donors (Lipinski definition) is 1. The minimum Gasteiger partial charge on any atom is -0.284 e. The van der Waals surface area contributed by atoms with Crippen molar-refractivity contribution < 1.29 is 4.79 Å². The zero-order chi connectivity index (χ0) is 15.3. The van der Waals surface area contributed by atoms with Crippen LogP contribution in [0.4, 0.5) is 0 Å². The Balaban J connectivity index is 2.12. The predicted octanol–water partition coefficient (Wildman–Crippen LogP) is 3.63. The molecule has 110 valence electrons. The fraction of sp³-hybridized carbons (Fsp3) is 0.278. The monoisotopic (exact) mass is 282 g/mol. The molecule has 0 aliphatic rings. The minimum atomic E-state index is -0.166. The molecule has 3 heteroatoms. The number of nitrogens with one attached hydrogen (secondary N) is 1. The van der Waals surface area contributed by atoms with Crippen LogP contribution in [0.3, 0.4) is 0 Å². The second kappa shape index (κ2) is 6.55. The van der Waals surface area contributed by atoms with Crippen LogP contribution in [0.5, 0.6) is 0 Å². The van der Waals surface area contributed by atoms with Crippen LogP contribution in [0.15, 0.2) is 60.7 Å². The number of benzene rings is 2. The molecule has 1 N–H and O–H groups in total. The van der Waals surface area contributed by atoms with Gasteiger partial charge < -0.3 is 0 Å². The molecule has 0 saturated heterocycles. The largest absolute Gasteiger partial charge is 0.284 e. The molecule has 2 rings (SSSR count). The van der Waals surface area contributed by atoms with Gasteiger partial charge >= 0.3 is 0 Å². The smallest absolute Gasteiger partial charge is 0.265 e. The van der Waals surface area contributed by atoms with E-state index < -0.39 is 0 Å². The minimum absolute atomic E-state index is 0.0820. The van der Waals surface area contributed by atoms with E-state index in [1.807, 2.05) is 53.5 Å². The van der Waals surface area contributed by atoms with E-state index in [0.717, 1.165) is 0 Å². The number of carbonyl (C=O) groups excluding carboxylic acids is 1. The summed E-state index contributed by atoms with van der Waals surface area (Å²) in [5.41, 5.74) is 4.68. The first-order valence-corrected chi connectivity index (χ1v) is 7.14. The van der Waals surface area contributed by atoms with Crippen LogP contribution in [-0.4, -0.2) is 16.5 Å². The SMILES string of the molecule is CC(C)(C)N(Cc1ccccc1)NC(=O)c1ccccc1. The van der Waals surface area contributed by atoms with Crippen molar-refractivity contribution in [3.63, 3.8) is 0 Å². The summed E-state index contributed by atoms with van der Waals surface area (Å²) in [7, 11) is 0. The number of carbonyl (C=O) groups is 1. The molecule has 2 aromatic carbocycles. The van der Waals surface area contributed by atoms with Gasteiger partial charge in [-0.2, -0.15) is 0 Å². The van der Waals surface area contributed by atoms with Gasteiger partial charge in [-0.3, -0.25) is 10.2 Å². The van der Waals surface area contributed by atoms with E-state index >= 15 is 0 Å². The molecule has 3 nitrogen and oxygen atoms in total. The molecule has 0 heterocycles. The molecular formula is C18H22N2O. The summed E-state index contributed by atoms with van der Waals surface area (Å²) in [5, 5.41) is 1.97. The number of nitrogens with zero attached hydrogens (tertiary/aromatic N) is 1. The van der Waals surface area contributed by atoms with Gasteiger partial charge in [-0.1, -0.05) is 48.5 Å². The maximum atomic E-state index is 12.3. The quantitative estimate of drug-likeness (QED) is 0.868. The van der Waals surface area contributed by atoms with Crippen molar-refractivity contribution in [1.29, 1.82) is 0 Å². The summed E-state index contributed by atoms with van der Waals surface area (Å²) < 4.78 is 0. The van der Waals surface area contributed by atoms with E-state index in [2.05, 4.69) is 38.3 Å². The van der Waals surface area contributed by atoms with Crippen molar-refractivity contribution in [3.8, 4) is 0 Å². The molecule has 0 bridgehead atoms. The van der Waals surface area contributed by atoms with Crippen LogP contribution in [-0.2, 0) is 6.54 Å². The van der Waals surface area contributed by atoms with Crippen molar-refractivity contribution in [2.24, 2.45) is 0 Å². The maximum Gasteiger partial charge on any atom is 0.265 e. The molecule has 0 spiro atoms. The molecule has 0 saturated carbocycles. The van der Waals surface area contributed by atoms with Gasteiger partial charge in [0.2, 0.25) is 0 Å². The normalized spacial score (nSPS) is 11.4. The van der Waals surface area contributed by atoms with Crippen molar-refractivity contribution >= 4 is 5.91 Å². The van der Waals surface area contributed by atoms with E-state index in [0.29, 0.717) is 12.1 Å². The molecule has 2 aromatic rings. The van der Waals surface area contributed by atoms with Gasteiger partial charge in [-0.05, 0) is 38.5 Å². The summed E-state index contributed by atoms with van der Waals surface area (Å²) >= 11 is 0. The van der Waals surface area contributed by atoms with E-state index in [4.69, 9.17) is 0 Å². The van der Waals surface area contributed by atoms with Gasteiger partial charge in [0.15, 0.2) is 0 Å². The summed E-state index contributed by atoms with van der Waals surface area (Å²) in [4.78, 5) is 12.3. The Morgan fingerprint density at radius 2 is 1.48 bits per heavy atom. The fourth-order valence-electron chi connectivity index (χ4n) is 1.99. The first-order chi connectivity index (χ1) is 9.97. The van der Waals surface area contributed by atoms with Crippen LogP contribution in [0.2, 0.25) is 0 Å². The van der Waals surface area contributed by atoms with Crippen molar-refractivity contribution in [1.82, 2.24) is 10.4 Å². The van der Waals surface area contributed by atoms with E-state index in [1.165, 1.54) is 5.56 Å². The Morgan fingerprint density at radius 1 is 0.952 bits per heavy atom. The lowest BCUT2D eigenvalue weighted by atomic mass is 10.1. The Morgan fingerprint density at radius 3 is 2.00 bits per heavy atom. The Kier molecular flexibility index (Phi) is 4.76. The van der Waals surface area contributed by atoms with Gasteiger partial charge in [0.1, 0.15) is 0 Å². The first-order valence-electron chi connectivity index (χ1n) is 7.14. The molecule has 0 radical (unpaired) electrons. The average Bonchev–Trinajstić information content (AvgIpc) is 2.47. The topological polar surface area (TPSA) is 32.3 Å². The van der Waals surface area contributed by atoms with Gasteiger partial charge in [0, 0.05) is 17.6 Å². The zero-order valence-corrected chi connectivity index (χ0v) is 12.8. The van der Waals surface area contributed by atoms with Gasteiger partial charge in [0.05, 0.1) is 0 Å². The number of amides is 1. The van der Waals surface area contributed by atoms with Crippen molar-refractivity contribution in [3.05, 3.63) is 71.8 Å². The Labute approximate surface area is 126 Å². The van der Waals surface area contributed by atoms with Crippen LogP contribution in [0, 0.1) is 0 Å². The first kappa shape index (κ1) is 15.3. The van der Waals surface area contributed by atoms with Crippen molar-refractivity contribution in [2.75, 3.05) is 0 Å². The highest BCUT2D eigenvalue weighted by molar-refractivity contribution is 5.93. The van der Waals surface area contributed by atoms with E-state index in [9.17, 15) is 4.79 Å². The highest BCUT2D eigenvalue weighted by Crippen LogP contribution is 2.15. The number of rotatable bonds is 4. The zero-order valence-electron chi connectivity index (χ0n) is 12.8. The van der Waals surface area contributed by atoms with Crippen LogP contribution in [0.1, 0.15) is 36.7 Å². The van der Waals surface area contributed by atoms with Crippen LogP contribution < -0.4 is 5.43 Å². The van der Waals surface area contributed by atoms with Gasteiger partial charge in [-0.25, -0.2) is 5.01 Å². The van der Waals surface area contributed by atoms with E-state index in [1.54, 1.807) is 0 Å². The standard InChI is InChI=1S/C18H22N2O/c1-18(2,3)20(14-15-10-6-4-7-11-15)19-17(21)16-12-8-5-9-13-16/h4-13H,14H2,1-3H3,(H,19,21). The Bertz CT molecular complexity index is 573. The lowest BCUT2D eigenvalue weighted by Crippen LogP contribution is -2.52. The average molecular weight is 282 g/mol. The molecule has 0 aromatic heterocycles. The molecular weight excluding hydrogens is 260 g/mol. The molecule has 0 aliphatic heterocycles. The summed E-state index contributed by atoms with van der Waals surface area (Å²) in [5.74, 6) is -0.0820. The lowest BCUT2D eigenvalue weighted by molar-refractivity contribution is 0.0462. The third-order valence-electron chi connectivity index (χ3n) is 3.27. The fourth-order valence-corrected chi connectivity index (χ4v) is 1.99. The molecule has 1 amide bonds. The second-order valence-corrected chi connectivity index (χ2v) is 6.05. The highest BCUT2D eigenvalue weighted by atomic mass is 16.2. The summed E-state index contributed by atoms with van der Waals surface area (Å²) in [6.45, 7) is 6.92. The maximum absolute atomic E-state index is 12.3. The van der Waals surface area contributed by atoms with E-state index in [-0.39, 0.29) is 11.4 Å². The van der Waals surface area contributed by atoms with Crippen LogP contribution >= 0.6 is 0 Å². The molecule has 0 unspecified atom stereocenters. The number of hydrogen-bond acceptors (Lipinski definition) is 2. The van der Waals surface area contributed by atoms with Crippen molar-refractivity contribution in [2.45, 2.75) is 32.9 Å². The number of hydrazine groups is 1. The summed E-state index contributed by atoms with van der Waals surface area (Å²) in [6.07, 6.45) is 0.